The van der Waals surface area contributed by atoms with Gasteiger partial charge in [0.05, 0.1) is 29.1 Å². The summed E-state index contributed by atoms with van der Waals surface area (Å²) in [5.41, 5.74) is 7.93. The van der Waals surface area contributed by atoms with Crippen molar-refractivity contribution < 1.29 is 14.3 Å². The molecule has 3 aromatic carbocycles. The number of hydrogen-bond donors (Lipinski definition) is 2. The van der Waals surface area contributed by atoms with Crippen molar-refractivity contribution in [2.45, 2.75) is 20.8 Å². The zero-order valence-corrected chi connectivity index (χ0v) is 21.4. The van der Waals surface area contributed by atoms with Gasteiger partial charge in [-0.1, -0.05) is 52.5 Å². The fourth-order valence-electron chi connectivity index (χ4n) is 3.40. The summed E-state index contributed by atoms with van der Waals surface area (Å²) in [5, 5.41) is 8.22. The minimum Gasteiger partial charge on any atom is -0.493 e. The van der Waals surface area contributed by atoms with E-state index in [0.717, 1.165) is 27.9 Å². The molecule has 1 amide bonds. The lowest BCUT2D eigenvalue weighted by atomic mass is 10.1. The van der Waals surface area contributed by atoms with Crippen LogP contribution >= 0.6 is 34.8 Å². The zero-order valence-electron chi connectivity index (χ0n) is 19.1. The van der Waals surface area contributed by atoms with Crippen LogP contribution in [0.1, 0.15) is 22.3 Å². The van der Waals surface area contributed by atoms with Crippen LogP contribution in [-0.2, 0) is 4.79 Å². The molecule has 0 fully saturated rings. The quantitative estimate of drug-likeness (QED) is 0.247. The van der Waals surface area contributed by atoms with Crippen LogP contribution in [0, 0.1) is 20.8 Å². The van der Waals surface area contributed by atoms with Crippen LogP contribution in [0.3, 0.4) is 0 Å². The Morgan fingerprint density at radius 3 is 2.21 bits per heavy atom. The van der Waals surface area contributed by atoms with Crippen molar-refractivity contribution in [3.05, 3.63) is 79.8 Å². The SMILES string of the molecule is COc1cc(/C=N/Nc2c(Cl)cc(Cl)cc2Cl)ccc1OCC(=O)Nc1c(C)cc(C)cc1C. The molecule has 0 unspecified atom stereocenters. The number of ether oxygens (including phenoxy) is 2. The van der Waals surface area contributed by atoms with E-state index in [1.165, 1.54) is 7.11 Å². The summed E-state index contributed by atoms with van der Waals surface area (Å²) < 4.78 is 11.1. The number of aryl methyl sites for hydroxylation is 3. The van der Waals surface area contributed by atoms with E-state index in [9.17, 15) is 4.79 Å². The first-order chi connectivity index (χ1) is 16.2. The number of nitrogens with one attached hydrogen (secondary N) is 2. The van der Waals surface area contributed by atoms with Gasteiger partial charge < -0.3 is 14.8 Å². The molecule has 0 saturated carbocycles. The monoisotopic (exact) mass is 519 g/mol. The number of methoxy groups -OCH3 is 1. The van der Waals surface area contributed by atoms with Crippen molar-refractivity contribution in [2.75, 3.05) is 24.5 Å². The Labute approximate surface area is 213 Å². The van der Waals surface area contributed by atoms with E-state index >= 15 is 0 Å². The van der Waals surface area contributed by atoms with Crippen LogP contribution in [0.5, 0.6) is 11.5 Å². The molecule has 6 nitrogen and oxygen atoms in total. The highest BCUT2D eigenvalue weighted by Gasteiger charge is 2.12. The number of halogens is 3. The van der Waals surface area contributed by atoms with Crippen molar-refractivity contribution in [3.63, 3.8) is 0 Å². The first-order valence-corrected chi connectivity index (χ1v) is 11.4. The first-order valence-electron chi connectivity index (χ1n) is 10.3. The van der Waals surface area contributed by atoms with E-state index in [0.29, 0.717) is 32.3 Å². The topological polar surface area (TPSA) is 71.9 Å². The van der Waals surface area contributed by atoms with Crippen LogP contribution in [0.4, 0.5) is 11.4 Å². The first kappa shape index (κ1) is 25.7. The number of anilines is 2. The minimum absolute atomic E-state index is 0.161. The predicted molar refractivity (Wildman–Crippen MR) is 140 cm³/mol. The van der Waals surface area contributed by atoms with E-state index in [1.54, 1.807) is 36.5 Å². The van der Waals surface area contributed by atoms with Crippen LogP contribution < -0.4 is 20.2 Å². The number of amides is 1. The largest absolute Gasteiger partial charge is 0.493 e. The van der Waals surface area contributed by atoms with E-state index in [-0.39, 0.29) is 12.5 Å². The Balaban J connectivity index is 1.64. The lowest BCUT2D eigenvalue weighted by molar-refractivity contribution is -0.118. The molecule has 0 saturated heterocycles. The molecule has 0 aliphatic rings. The maximum atomic E-state index is 12.5. The molecule has 0 atom stereocenters. The summed E-state index contributed by atoms with van der Waals surface area (Å²) in [6.07, 6.45) is 1.57. The highest BCUT2D eigenvalue weighted by Crippen LogP contribution is 2.34. The molecule has 178 valence electrons. The fraction of sp³-hybridized carbons (Fsp3) is 0.200. The molecule has 0 aliphatic heterocycles. The van der Waals surface area contributed by atoms with Crippen LogP contribution in [0.2, 0.25) is 15.1 Å². The van der Waals surface area contributed by atoms with Crippen molar-refractivity contribution in [3.8, 4) is 11.5 Å². The van der Waals surface area contributed by atoms with Gasteiger partial charge >= 0.3 is 0 Å². The molecule has 3 rings (SSSR count). The van der Waals surface area contributed by atoms with E-state index in [2.05, 4.69) is 15.8 Å². The molecule has 0 aliphatic carbocycles. The van der Waals surface area contributed by atoms with Crippen LogP contribution in [0.25, 0.3) is 0 Å². The van der Waals surface area contributed by atoms with Crippen molar-refractivity contribution in [1.29, 1.82) is 0 Å². The second kappa shape index (κ2) is 11.5. The van der Waals surface area contributed by atoms with Gasteiger partial charge in [0, 0.05) is 10.7 Å². The Kier molecular flexibility index (Phi) is 8.67. The second-order valence-corrected chi connectivity index (χ2v) is 8.89. The molecule has 0 aromatic heterocycles. The van der Waals surface area contributed by atoms with E-state index < -0.39 is 0 Å². The van der Waals surface area contributed by atoms with Gasteiger partial charge in [-0.3, -0.25) is 10.2 Å². The summed E-state index contributed by atoms with van der Waals surface area (Å²) >= 11 is 18.2. The molecule has 0 radical (unpaired) electrons. The second-order valence-electron chi connectivity index (χ2n) is 7.64. The average Bonchev–Trinajstić information content (AvgIpc) is 2.76. The number of hydrogen-bond acceptors (Lipinski definition) is 5. The third kappa shape index (κ3) is 6.56. The molecule has 0 bridgehead atoms. The van der Waals surface area contributed by atoms with Gasteiger partial charge in [0.25, 0.3) is 5.91 Å². The van der Waals surface area contributed by atoms with Gasteiger partial charge in [-0.15, -0.1) is 0 Å². The zero-order chi connectivity index (χ0) is 24.8. The molecule has 0 heterocycles. The van der Waals surface area contributed by atoms with E-state index in [1.807, 2.05) is 32.9 Å². The fourth-order valence-corrected chi connectivity index (χ4v) is 4.30. The predicted octanol–water partition coefficient (Wildman–Crippen LogP) is 7.04. The molecular formula is C25H24Cl3N3O3. The Bertz CT molecular complexity index is 1200. The number of rotatable bonds is 8. The van der Waals surface area contributed by atoms with Gasteiger partial charge in [-0.2, -0.15) is 5.10 Å². The maximum absolute atomic E-state index is 12.5. The Morgan fingerprint density at radius 1 is 0.941 bits per heavy atom. The van der Waals surface area contributed by atoms with Gasteiger partial charge in [0.15, 0.2) is 18.1 Å². The average molecular weight is 521 g/mol. The number of carbonyl (C=O) groups is 1. The summed E-state index contributed by atoms with van der Waals surface area (Å²) in [6.45, 7) is 5.78. The summed E-state index contributed by atoms with van der Waals surface area (Å²) in [7, 11) is 1.52. The summed E-state index contributed by atoms with van der Waals surface area (Å²) in [6, 6.07) is 12.4. The van der Waals surface area contributed by atoms with Crippen molar-refractivity contribution >= 4 is 58.3 Å². The molecule has 34 heavy (non-hydrogen) atoms. The Hall–Kier alpha value is -2.93. The Morgan fingerprint density at radius 2 is 1.59 bits per heavy atom. The van der Waals surface area contributed by atoms with Crippen LogP contribution in [0.15, 0.2) is 47.6 Å². The maximum Gasteiger partial charge on any atom is 0.262 e. The van der Waals surface area contributed by atoms with Crippen LogP contribution in [-0.4, -0.2) is 25.8 Å². The van der Waals surface area contributed by atoms with Gasteiger partial charge in [-0.25, -0.2) is 0 Å². The van der Waals surface area contributed by atoms with Crippen molar-refractivity contribution in [1.82, 2.24) is 0 Å². The molecule has 0 spiro atoms. The van der Waals surface area contributed by atoms with E-state index in [4.69, 9.17) is 44.3 Å². The lowest BCUT2D eigenvalue weighted by Crippen LogP contribution is -2.21. The molecular weight excluding hydrogens is 497 g/mol. The lowest BCUT2D eigenvalue weighted by Gasteiger charge is -2.14. The molecule has 2 N–H and O–H groups in total. The summed E-state index contributed by atoms with van der Waals surface area (Å²) in [5.74, 6) is 0.634. The number of nitrogens with zero attached hydrogens (tertiary/aromatic N) is 1. The third-order valence-corrected chi connectivity index (χ3v) is 5.70. The van der Waals surface area contributed by atoms with Gasteiger partial charge in [0.2, 0.25) is 0 Å². The minimum atomic E-state index is -0.260. The number of hydrazone groups is 1. The van der Waals surface area contributed by atoms with Gasteiger partial charge in [0.1, 0.15) is 0 Å². The standard InChI is InChI=1S/C25H24Cl3N3O3/c1-14-7-15(2)24(16(3)8-14)30-23(32)13-34-21-6-5-17(9-22(21)33-4)12-29-31-25-19(27)10-18(26)11-20(25)28/h5-12,31H,13H2,1-4H3,(H,30,32)/b29-12+. The molecule has 9 heteroatoms. The highest BCUT2D eigenvalue weighted by molar-refractivity contribution is 6.41. The van der Waals surface area contributed by atoms with Crippen molar-refractivity contribution in [2.24, 2.45) is 5.10 Å². The number of benzene rings is 3. The molecule has 3 aromatic rings. The smallest absolute Gasteiger partial charge is 0.262 e. The summed E-state index contributed by atoms with van der Waals surface area (Å²) in [4.78, 5) is 12.5. The third-order valence-electron chi connectivity index (χ3n) is 4.88. The normalized spacial score (nSPS) is 10.9. The number of carbonyl (C=O) groups excluding carboxylic acids is 1. The highest BCUT2D eigenvalue weighted by atomic mass is 35.5. The van der Waals surface area contributed by atoms with Gasteiger partial charge in [-0.05, 0) is 67.8 Å².